The highest BCUT2D eigenvalue weighted by Gasteiger charge is 2.07. The molecule has 14 heavy (non-hydrogen) atoms. The van der Waals surface area contributed by atoms with Gasteiger partial charge >= 0.3 is 0 Å². The molecule has 0 aliphatic heterocycles. The topological polar surface area (TPSA) is 37.0 Å². The largest absolute Gasteiger partial charge is 0.464 e. The van der Waals surface area contributed by atoms with Gasteiger partial charge in [0.1, 0.15) is 5.76 Å². The van der Waals surface area contributed by atoms with Crippen LogP contribution in [-0.2, 0) is 0 Å². The summed E-state index contributed by atoms with van der Waals surface area (Å²) in [5.41, 5.74) is 3.37. The van der Waals surface area contributed by atoms with Crippen molar-refractivity contribution >= 4 is 11.3 Å². The number of nitrogens with one attached hydrogen (secondary N) is 1. The molecule has 0 aromatic carbocycles. The molecule has 0 aliphatic carbocycles. The Bertz CT molecular complexity index is 382. The van der Waals surface area contributed by atoms with Crippen molar-refractivity contribution in [2.45, 2.75) is 20.8 Å². The van der Waals surface area contributed by atoms with Gasteiger partial charge in [-0.25, -0.2) is 0 Å². The Morgan fingerprint density at radius 2 is 1.93 bits per heavy atom. The molecule has 1 rings (SSSR count). The summed E-state index contributed by atoms with van der Waals surface area (Å²) in [7, 11) is 0. The Labute approximate surface area is 84.5 Å². The Kier molecular flexibility index (Phi) is 3.07. The van der Waals surface area contributed by atoms with Gasteiger partial charge in [-0.2, -0.15) is 0 Å². The Morgan fingerprint density at radius 1 is 1.29 bits per heavy atom. The van der Waals surface area contributed by atoms with Gasteiger partial charge in [0.2, 0.25) is 0 Å². The molecule has 0 atom stereocenters. The lowest BCUT2D eigenvalue weighted by atomic mass is 9.99. The average molecular weight is 189 g/mol. The second kappa shape index (κ2) is 4.09. The van der Waals surface area contributed by atoms with Crippen molar-refractivity contribution in [2.24, 2.45) is 0 Å². The van der Waals surface area contributed by atoms with Crippen LogP contribution in [0.25, 0.3) is 5.57 Å². The number of allylic oxidation sites excluding steroid dienone is 3. The molecule has 2 heteroatoms. The molecule has 1 heterocycles. The van der Waals surface area contributed by atoms with Crippen LogP contribution >= 0.6 is 0 Å². The first-order valence-electron chi connectivity index (χ1n) is 4.50. The van der Waals surface area contributed by atoms with E-state index in [0.717, 1.165) is 22.5 Å². The van der Waals surface area contributed by atoms with E-state index in [1.807, 2.05) is 26.0 Å². The number of rotatable bonds is 3. The van der Waals surface area contributed by atoms with Crippen molar-refractivity contribution < 1.29 is 4.42 Å². The lowest BCUT2D eigenvalue weighted by Crippen LogP contribution is -1.96. The van der Waals surface area contributed by atoms with E-state index in [-0.39, 0.29) is 0 Å². The normalized spacial score (nSPS) is 12.2. The first-order chi connectivity index (χ1) is 6.54. The third-order valence-corrected chi connectivity index (χ3v) is 2.40. The van der Waals surface area contributed by atoms with Crippen LogP contribution < -0.4 is 0 Å². The highest BCUT2D eigenvalue weighted by Crippen LogP contribution is 2.23. The predicted octanol–water partition coefficient (Wildman–Crippen LogP) is 3.67. The zero-order valence-electron chi connectivity index (χ0n) is 8.85. The van der Waals surface area contributed by atoms with Gasteiger partial charge in [-0.3, -0.25) is 0 Å². The first kappa shape index (κ1) is 10.5. The monoisotopic (exact) mass is 189 g/mol. The molecule has 74 valence electrons. The minimum Gasteiger partial charge on any atom is -0.464 e. The molecule has 0 radical (unpaired) electrons. The molecule has 1 N–H and O–H groups in total. The average Bonchev–Trinajstić information content (AvgIpc) is 2.67. The fraction of sp³-hybridized carbons (Fsp3) is 0.250. The van der Waals surface area contributed by atoms with Gasteiger partial charge < -0.3 is 9.83 Å². The van der Waals surface area contributed by atoms with Crippen molar-refractivity contribution in [1.82, 2.24) is 0 Å². The molecule has 0 saturated heterocycles. The number of furan rings is 1. The Balaban J connectivity index is 3.02. The fourth-order valence-corrected chi connectivity index (χ4v) is 1.14. The predicted molar refractivity (Wildman–Crippen MR) is 59.5 cm³/mol. The minimum absolute atomic E-state index is 0.565. The molecule has 0 aliphatic rings. The molecular weight excluding hydrogens is 174 g/mol. The molecule has 1 aromatic heterocycles. The van der Waals surface area contributed by atoms with Crippen LogP contribution in [0.1, 0.15) is 26.5 Å². The van der Waals surface area contributed by atoms with Gasteiger partial charge in [0.05, 0.1) is 6.26 Å². The van der Waals surface area contributed by atoms with Gasteiger partial charge in [-0.1, -0.05) is 6.58 Å². The Hall–Kier alpha value is -1.57. The maximum Gasteiger partial charge on any atom is 0.133 e. The molecule has 0 bridgehead atoms. The molecule has 0 saturated carbocycles. The van der Waals surface area contributed by atoms with Gasteiger partial charge in [0.15, 0.2) is 0 Å². The summed E-state index contributed by atoms with van der Waals surface area (Å²) < 4.78 is 5.24. The molecule has 0 amide bonds. The van der Waals surface area contributed by atoms with Crippen LogP contribution in [0.5, 0.6) is 0 Å². The third-order valence-electron chi connectivity index (χ3n) is 2.40. The van der Waals surface area contributed by atoms with Crippen molar-refractivity contribution in [3.8, 4) is 0 Å². The molecular formula is C12H15NO. The zero-order valence-corrected chi connectivity index (χ0v) is 8.85. The first-order valence-corrected chi connectivity index (χ1v) is 4.50. The minimum atomic E-state index is 0.565. The quantitative estimate of drug-likeness (QED) is 0.571. The van der Waals surface area contributed by atoms with E-state index in [4.69, 9.17) is 9.83 Å². The van der Waals surface area contributed by atoms with E-state index in [0.29, 0.717) is 5.71 Å². The van der Waals surface area contributed by atoms with Crippen molar-refractivity contribution in [2.75, 3.05) is 0 Å². The van der Waals surface area contributed by atoms with E-state index >= 15 is 0 Å². The lowest BCUT2D eigenvalue weighted by molar-refractivity contribution is 0.553. The second-order valence-electron chi connectivity index (χ2n) is 3.33. The van der Waals surface area contributed by atoms with Crippen LogP contribution in [0, 0.1) is 5.41 Å². The highest BCUT2D eigenvalue weighted by atomic mass is 16.3. The molecule has 1 aromatic rings. The van der Waals surface area contributed by atoms with Gasteiger partial charge in [-0.05, 0) is 44.1 Å². The third kappa shape index (κ3) is 2.02. The summed E-state index contributed by atoms with van der Waals surface area (Å²) in [6, 6.07) is 3.71. The van der Waals surface area contributed by atoms with E-state index in [2.05, 4.69) is 6.58 Å². The summed E-state index contributed by atoms with van der Waals surface area (Å²) in [4.78, 5) is 0. The lowest BCUT2D eigenvalue weighted by Gasteiger charge is -2.07. The van der Waals surface area contributed by atoms with Crippen molar-refractivity contribution in [1.29, 1.82) is 5.41 Å². The molecule has 0 spiro atoms. The van der Waals surface area contributed by atoms with E-state index in [1.165, 1.54) is 0 Å². The van der Waals surface area contributed by atoms with Crippen molar-refractivity contribution in [3.63, 3.8) is 0 Å². The van der Waals surface area contributed by atoms with Gasteiger partial charge in [-0.15, -0.1) is 0 Å². The van der Waals surface area contributed by atoms with Gasteiger partial charge in [0, 0.05) is 11.3 Å². The highest BCUT2D eigenvalue weighted by molar-refractivity contribution is 5.99. The maximum atomic E-state index is 7.52. The Morgan fingerprint density at radius 3 is 2.36 bits per heavy atom. The zero-order chi connectivity index (χ0) is 10.7. The summed E-state index contributed by atoms with van der Waals surface area (Å²) >= 11 is 0. The van der Waals surface area contributed by atoms with E-state index < -0.39 is 0 Å². The summed E-state index contributed by atoms with van der Waals surface area (Å²) in [6.45, 7) is 9.60. The summed E-state index contributed by atoms with van der Waals surface area (Å²) in [6.07, 6.45) is 1.63. The molecule has 0 unspecified atom stereocenters. The van der Waals surface area contributed by atoms with Gasteiger partial charge in [0.25, 0.3) is 0 Å². The molecule has 0 fully saturated rings. The van der Waals surface area contributed by atoms with Crippen LogP contribution in [0.15, 0.2) is 40.5 Å². The van der Waals surface area contributed by atoms with E-state index in [1.54, 1.807) is 13.2 Å². The number of hydrogen-bond acceptors (Lipinski definition) is 2. The fourth-order valence-electron chi connectivity index (χ4n) is 1.14. The second-order valence-corrected chi connectivity index (χ2v) is 3.33. The smallest absolute Gasteiger partial charge is 0.133 e. The summed E-state index contributed by atoms with van der Waals surface area (Å²) in [5, 5.41) is 7.52. The van der Waals surface area contributed by atoms with Crippen LogP contribution in [0.3, 0.4) is 0 Å². The molecule has 2 nitrogen and oxygen atoms in total. The number of hydrogen-bond donors (Lipinski definition) is 1. The maximum absolute atomic E-state index is 7.52. The van der Waals surface area contributed by atoms with E-state index in [9.17, 15) is 0 Å². The standard InChI is InChI=1S/C12H15NO/c1-8(9(2)11(4)13)10(3)12-6-5-7-14-12/h5-7,13H,3H2,1-2,4H3/b9-8-,13-11?. The van der Waals surface area contributed by atoms with Crippen LogP contribution in [-0.4, -0.2) is 5.71 Å². The van der Waals surface area contributed by atoms with Crippen LogP contribution in [0.4, 0.5) is 0 Å². The summed E-state index contributed by atoms with van der Waals surface area (Å²) in [5.74, 6) is 0.767. The van der Waals surface area contributed by atoms with Crippen LogP contribution in [0.2, 0.25) is 0 Å². The van der Waals surface area contributed by atoms with Crippen molar-refractivity contribution in [3.05, 3.63) is 41.9 Å². The SMILES string of the molecule is C=C(/C(C)=C(/C)C(C)=N)c1ccco1.